The van der Waals surface area contributed by atoms with Gasteiger partial charge >= 0.3 is 0 Å². The van der Waals surface area contributed by atoms with E-state index in [-0.39, 0.29) is 37.1 Å². The number of ether oxygens (including phenoxy) is 1. The molecule has 0 aliphatic carbocycles. The van der Waals surface area contributed by atoms with Crippen LogP contribution in [0.4, 0.5) is 5.69 Å². The molecule has 23 heavy (non-hydrogen) atoms. The Labute approximate surface area is 150 Å². The van der Waals surface area contributed by atoms with E-state index >= 15 is 0 Å². The summed E-state index contributed by atoms with van der Waals surface area (Å²) >= 11 is 17.7. The third kappa shape index (κ3) is 3.99. The summed E-state index contributed by atoms with van der Waals surface area (Å²) in [6, 6.07) is 5.92. The Morgan fingerprint density at radius 1 is 1.00 bits per heavy atom. The first-order chi connectivity index (χ1) is 10.6. The van der Waals surface area contributed by atoms with Gasteiger partial charge in [-0.25, -0.2) is 8.42 Å². The Kier molecular flexibility index (Phi) is 5.27. The van der Waals surface area contributed by atoms with Gasteiger partial charge in [0.2, 0.25) is 0 Å². The third-order valence-corrected chi connectivity index (χ3v) is 5.26. The molecule has 2 aromatic carbocycles. The molecule has 0 spiro atoms. The lowest BCUT2D eigenvalue weighted by atomic mass is 10.3. The topological polar surface area (TPSA) is 86.5 Å². The van der Waals surface area contributed by atoms with Crippen LogP contribution in [0.1, 0.15) is 0 Å². The van der Waals surface area contributed by atoms with Crippen LogP contribution < -0.4 is 4.74 Å². The molecule has 0 bridgehead atoms. The van der Waals surface area contributed by atoms with Crippen molar-refractivity contribution < 1.29 is 18.1 Å². The van der Waals surface area contributed by atoms with Crippen LogP contribution in [-0.4, -0.2) is 13.3 Å². The highest BCUT2D eigenvalue weighted by Crippen LogP contribution is 2.41. The number of nitro groups is 1. The maximum atomic E-state index is 11.3. The Morgan fingerprint density at radius 2 is 1.61 bits per heavy atom. The van der Waals surface area contributed by atoms with Crippen LogP contribution in [0.25, 0.3) is 0 Å². The average Bonchev–Trinajstić information content (AvgIpc) is 2.44. The smallest absolute Gasteiger partial charge is 0.271 e. The van der Waals surface area contributed by atoms with E-state index < -0.39 is 14.0 Å². The van der Waals surface area contributed by atoms with Gasteiger partial charge in [0.15, 0.2) is 0 Å². The van der Waals surface area contributed by atoms with E-state index in [0.29, 0.717) is 0 Å². The molecule has 0 radical (unpaired) electrons. The van der Waals surface area contributed by atoms with E-state index in [1.54, 1.807) is 0 Å². The summed E-state index contributed by atoms with van der Waals surface area (Å²) < 4.78 is 28.1. The molecular formula is C12H5Cl4NO5S. The van der Waals surface area contributed by atoms with E-state index in [1.165, 1.54) is 18.2 Å². The molecule has 0 saturated carbocycles. The standard InChI is InChI=1S/C12H5Cl4NO5S/c13-7-5-6(17(18)19)1-2-8(7)22-9-3-4-10(23(16,20)21)12(15)11(9)14/h1-5H. The first kappa shape index (κ1) is 18.1. The largest absolute Gasteiger partial charge is 0.454 e. The van der Waals surface area contributed by atoms with Crippen molar-refractivity contribution in [3.05, 3.63) is 55.5 Å². The normalized spacial score (nSPS) is 11.3. The van der Waals surface area contributed by atoms with Gasteiger partial charge in [0.1, 0.15) is 21.4 Å². The lowest BCUT2D eigenvalue weighted by Crippen LogP contribution is -1.95. The van der Waals surface area contributed by atoms with Crippen molar-refractivity contribution in [2.45, 2.75) is 4.90 Å². The molecular weight excluding hydrogens is 412 g/mol. The molecule has 0 fully saturated rings. The number of nitrogens with zero attached hydrogens (tertiary/aromatic N) is 1. The fourth-order valence-electron chi connectivity index (χ4n) is 1.59. The van der Waals surface area contributed by atoms with Gasteiger partial charge in [-0.1, -0.05) is 34.8 Å². The molecule has 0 unspecified atom stereocenters. The van der Waals surface area contributed by atoms with Crippen molar-refractivity contribution in [1.82, 2.24) is 0 Å². The second kappa shape index (κ2) is 6.70. The zero-order valence-electron chi connectivity index (χ0n) is 10.8. The molecule has 0 N–H and O–H groups in total. The number of nitro benzene ring substituents is 1. The Balaban J connectivity index is 2.42. The second-order valence-electron chi connectivity index (χ2n) is 4.10. The van der Waals surface area contributed by atoms with Gasteiger partial charge in [0, 0.05) is 22.8 Å². The summed E-state index contributed by atoms with van der Waals surface area (Å²) in [6.45, 7) is 0. The first-order valence-electron chi connectivity index (χ1n) is 5.65. The maximum absolute atomic E-state index is 11.3. The van der Waals surface area contributed by atoms with Crippen molar-refractivity contribution in [3.63, 3.8) is 0 Å². The van der Waals surface area contributed by atoms with E-state index in [9.17, 15) is 18.5 Å². The van der Waals surface area contributed by atoms with Crippen molar-refractivity contribution >= 4 is 60.2 Å². The Hall–Kier alpha value is -1.25. The monoisotopic (exact) mass is 415 g/mol. The molecule has 0 amide bonds. The molecule has 0 heterocycles. The number of hydrogen-bond acceptors (Lipinski definition) is 5. The SMILES string of the molecule is O=[N+]([O-])c1ccc(Oc2ccc(S(=O)(=O)Cl)c(Cl)c2Cl)c(Cl)c1. The van der Waals surface area contributed by atoms with Crippen LogP contribution in [0.5, 0.6) is 11.5 Å². The maximum Gasteiger partial charge on any atom is 0.271 e. The molecule has 122 valence electrons. The number of rotatable bonds is 4. The lowest BCUT2D eigenvalue weighted by molar-refractivity contribution is -0.384. The van der Waals surface area contributed by atoms with E-state index in [4.69, 9.17) is 50.2 Å². The van der Waals surface area contributed by atoms with Crippen LogP contribution in [0.2, 0.25) is 15.1 Å². The molecule has 0 aromatic heterocycles. The Morgan fingerprint density at radius 3 is 2.13 bits per heavy atom. The molecule has 2 rings (SSSR count). The third-order valence-electron chi connectivity index (χ3n) is 2.62. The number of halogens is 4. The van der Waals surface area contributed by atoms with Crippen LogP contribution in [0, 0.1) is 10.1 Å². The van der Waals surface area contributed by atoms with Crippen LogP contribution in [0.3, 0.4) is 0 Å². The molecule has 0 aliphatic heterocycles. The zero-order valence-corrected chi connectivity index (χ0v) is 14.6. The van der Waals surface area contributed by atoms with Crippen LogP contribution in [0.15, 0.2) is 35.2 Å². The van der Waals surface area contributed by atoms with Crippen LogP contribution >= 0.6 is 45.5 Å². The highest BCUT2D eigenvalue weighted by molar-refractivity contribution is 8.13. The Bertz CT molecular complexity index is 901. The van der Waals surface area contributed by atoms with Gasteiger partial charge in [-0.05, 0) is 18.2 Å². The summed E-state index contributed by atoms with van der Waals surface area (Å²) in [5.74, 6) is 0.0909. The number of hydrogen-bond donors (Lipinski definition) is 0. The predicted octanol–water partition coefficient (Wildman–Crippen LogP) is 5.27. The lowest BCUT2D eigenvalue weighted by Gasteiger charge is -2.11. The van der Waals surface area contributed by atoms with Crippen molar-refractivity contribution in [2.75, 3.05) is 0 Å². The summed E-state index contributed by atoms with van der Waals surface area (Å²) in [7, 11) is 1.15. The quantitative estimate of drug-likeness (QED) is 0.384. The minimum absolute atomic E-state index is 0.0106. The van der Waals surface area contributed by atoms with Crippen molar-refractivity contribution in [3.8, 4) is 11.5 Å². The molecule has 0 saturated heterocycles. The number of benzene rings is 2. The molecule has 2 aromatic rings. The predicted molar refractivity (Wildman–Crippen MR) is 87.7 cm³/mol. The summed E-state index contributed by atoms with van der Waals surface area (Å²) in [5.41, 5.74) is -0.213. The van der Waals surface area contributed by atoms with E-state index in [0.717, 1.165) is 12.1 Å². The molecule has 0 aliphatic rings. The number of non-ortho nitro benzene ring substituents is 1. The highest BCUT2D eigenvalue weighted by atomic mass is 35.7. The van der Waals surface area contributed by atoms with Gasteiger partial charge in [0.25, 0.3) is 14.7 Å². The minimum atomic E-state index is -4.07. The fourth-order valence-corrected chi connectivity index (χ4v) is 3.57. The van der Waals surface area contributed by atoms with Gasteiger partial charge in [-0.2, -0.15) is 0 Å². The van der Waals surface area contributed by atoms with Crippen LogP contribution in [-0.2, 0) is 9.05 Å². The average molecular weight is 417 g/mol. The van der Waals surface area contributed by atoms with Gasteiger partial charge in [-0.15, -0.1) is 0 Å². The van der Waals surface area contributed by atoms with Gasteiger partial charge < -0.3 is 4.74 Å². The molecule has 0 atom stereocenters. The minimum Gasteiger partial charge on any atom is -0.454 e. The first-order valence-corrected chi connectivity index (χ1v) is 9.10. The van der Waals surface area contributed by atoms with Crippen molar-refractivity contribution in [2.24, 2.45) is 0 Å². The molecule has 6 nitrogen and oxygen atoms in total. The second-order valence-corrected chi connectivity index (χ2v) is 7.80. The summed E-state index contributed by atoms with van der Waals surface area (Å²) in [5, 5.41) is 10.1. The summed E-state index contributed by atoms with van der Waals surface area (Å²) in [4.78, 5) is 9.67. The van der Waals surface area contributed by atoms with E-state index in [1.807, 2.05) is 0 Å². The van der Waals surface area contributed by atoms with Gasteiger partial charge in [0.05, 0.1) is 15.0 Å². The zero-order chi connectivity index (χ0) is 17.4. The van der Waals surface area contributed by atoms with Crippen molar-refractivity contribution in [1.29, 1.82) is 0 Å². The van der Waals surface area contributed by atoms with E-state index in [2.05, 4.69) is 0 Å². The fraction of sp³-hybridized carbons (Fsp3) is 0. The molecule has 11 heteroatoms. The highest BCUT2D eigenvalue weighted by Gasteiger charge is 2.21. The van der Waals surface area contributed by atoms with Gasteiger partial charge in [-0.3, -0.25) is 10.1 Å². The summed E-state index contributed by atoms with van der Waals surface area (Å²) in [6.07, 6.45) is 0.